The fraction of sp³-hybridized carbons (Fsp3) is 0.455. The van der Waals surface area contributed by atoms with Gasteiger partial charge in [0.25, 0.3) is 5.69 Å². The van der Waals surface area contributed by atoms with Crippen LogP contribution in [0.2, 0.25) is 10.0 Å². The second-order valence-electron chi connectivity index (χ2n) is 4.39. The van der Waals surface area contributed by atoms with Crippen molar-refractivity contribution in [1.82, 2.24) is 0 Å². The number of nitro benzene ring substituents is 1. The number of anilines is 1. The van der Waals surface area contributed by atoms with Crippen LogP contribution in [0.1, 0.15) is 19.3 Å². The molecule has 0 saturated heterocycles. The number of nitrogens with zero attached hydrogens (tertiary/aromatic N) is 1. The van der Waals surface area contributed by atoms with E-state index in [9.17, 15) is 10.1 Å². The highest BCUT2D eigenvalue weighted by atomic mass is 35.5. The van der Waals surface area contributed by atoms with Crippen molar-refractivity contribution in [1.29, 1.82) is 0 Å². The van der Waals surface area contributed by atoms with Crippen molar-refractivity contribution in [2.75, 3.05) is 5.32 Å². The molecular weight excluding hydrogens is 277 g/mol. The first-order chi connectivity index (χ1) is 8.49. The average Bonchev–Trinajstić information content (AvgIpc) is 2.69. The summed E-state index contributed by atoms with van der Waals surface area (Å²) in [5, 5.41) is 14.5. The standard InChI is InChI=1S/C11H13Cl2N3O2/c12-6-4-10(11(16(17)18)5-7(6)13)15-9-3-1-2-8(9)14/h4-5,8-9,15H,1-3,14H2. The van der Waals surface area contributed by atoms with Crippen molar-refractivity contribution in [2.24, 2.45) is 5.73 Å². The highest BCUT2D eigenvalue weighted by Gasteiger charge is 2.26. The van der Waals surface area contributed by atoms with E-state index >= 15 is 0 Å². The van der Waals surface area contributed by atoms with Crippen molar-refractivity contribution >= 4 is 34.6 Å². The summed E-state index contributed by atoms with van der Waals surface area (Å²) in [6.07, 6.45) is 2.85. The lowest BCUT2D eigenvalue weighted by atomic mass is 10.1. The van der Waals surface area contributed by atoms with Crippen molar-refractivity contribution in [3.63, 3.8) is 0 Å². The zero-order valence-corrected chi connectivity index (χ0v) is 11.0. The van der Waals surface area contributed by atoms with Gasteiger partial charge in [-0.05, 0) is 25.3 Å². The van der Waals surface area contributed by atoms with Gasteiger partial charge in [0.15, 0.2) is 0 Å². The van der Waals surface area contributed by atoms with Gasteiger partial charge < -0.3 is 11.1 Å². The fourth-order valence-electron chi connectivity index (χ4n) is 2.17. The summed E-state index contributed by atoms with van der Waals surface area (Å²) in [5.74, 6) is 0. The molecule has 1 aromatic carbocycles. The Balaban J connectivity index is 2.30. The Morgan fingerprint density at radius 1 is 1.33 bits per heavy atom. The van der Waals surface area contributed by atoms with Crippen molar-refractivity contribution < 1.29 is 4.92 Å². The van der Waals surface area contributed by atoms with Crippen LogP contribution in [-0.4, -0.2) is 17.0 Å². The lowest BCUT2D eigenvalue weighted by molar-refractivity contribution is -0.384. The van der Waals surface area contributed by atoms with Crippen molar-refractivity contribution in [3.05, 3.63) is 32.3 Å². The number of halogens is 2. The molecule has 0 spiro atoms. The van der Waals surface area contributed by atoms with Gasteiger partial charge in [0, 0.05) is 18.2 Å². The molecule has 3 N–H and O–H groups in total. The number of nitrogens with one attached hydrogen (secondary N) is 1. The van der Waals surface area contributed by atoms with E-state index in [1.54, 1.807) is 0 Å². The van der Waals surface area contributed by atoms with E-state index < -0.39 is 4.92 Å². The Hall–Kier alpha value is -1.04. The van der Waals surface area contributed by atoms with E-state index in [4.69, 9.17) is 28.9 Å². The van der Waals surface area contributed by atoms with Crippen LogP contribution < -0.4 is 11.1 Å². The number of benzene rings is 1. The largest absolute Gasteiger partial charge is 0.375 e. The van der Waals surface area contributed by atoms with Crippen molar-refractivity contribution in [2.45, 2.75) is 31.3 Å². The van der Waals surface area contributed by atoms with Crippen LogP contribution in [0.5, 0.6) is 0 Å². The third kappa shape index (κ3) is 2.68. The predicted octanol–water partition coefficient (Wildman–Crippen LogP) is 3.19. The summed E-state index contributed by atoms with van der Waals surface area (Å²) in [6, 6.07) is 2.79. The Bertz CT molecular complexity index is 482. The van der Waals surface area contributed by atoms with E-state index in [1.165, 1.54) is 12.1 Å². The van der Waals surface area contributed by atoms with E-state index in [-0.39, 0.29) is 27.8 Å². The van der Waals surface area contributed by atoms with E-state index in [2.05, 4.69) is 5.32 Å². The van der Waals surface area contributed by atoms with Gasteiger partial charge in [-0.25, -0.2) is 0 Å². The Kier molecular flexibility index (Phi) is 3.94. The predicted molar refractivity (Wildman–Crippen MR) is 72.4 cm³/mol. The Morgan fingerprint density at radius 2 is 2.00 bits per heavy atom. The molecular formula is C11H13Cl2N3O2. The lowest BCUT2D eigenvalue weighted by Gasteiger charge is -2.18. The molecule has 0 radical (unpaired) electrons. The van der Waals surface area contributed by atoms with Crippen LogP contribution in [0.25, 0.3) is 0 Å². The van der Waals surface area contributed by atoms with Crippen LogP contribution in [0.4, 0.5) is 11.4 Å². The summed E-state index contributed by atoms with van der Waals surface area (Å²) in [4.78, 5) is 10.5. The summed E-state index contributed by atoms with van der Waals surface area (Å²) in [7, 11) is 0. The van der Waals surface area contributed by atoms with Gasteiger partial charge >= 0.3 is 0 Å². The minimum Gasteiger partial charge on any atom is -0.375 e. The lowest BCUT2D eigenvalue weighted by Crippen LogP contribution is -2.35. The topological polar surface area (TPSA) is 81.2 Å². The number of nitro groups is 1. The minimum absolute atomic E-state index is 0.0130. The molecule has 2 unspecified atom stereocenters. The smallest absolute Gasteiger partial charge is 0.293 e. The Labute approximate surface area is 114 Å². The van der Waals surface area contributed by atoms with Crippen LogP contribution in [0, 0.1) is 10.1 Å². The third-order valence-corrected chi connectivity index (χ3v) is 3.87. The molecule has 18 heavy (non-hydrogen) atoms. The van der Waals surface area contributed by atoms with Crippen LogP contribution in [0.15, 0.2) is 12.1 Å². The fourth-order valence-corrected chi connectivity index (χ4v) is 2.49. The normalized spacial score (nSPS) is 23.1. The monoisotopic (exact) mass is 289 g/mol. The maximum atomic E-state index is 11.0. The SMILES string of the molecule is NC1CCCC1Nc1cc(Cl)c(Cl)cc1[N+](=O)[O-]. The number of nitrogens with two attached hydrogens (primary N) is 1. The summed E-state index contributed by atoms with van der Waals surface area (Å²) >= 11 is 11.7. The van der Waals surface area contributed by atoms with Gasteiger partial charge in [0.1, 0.15) is 5.69 Å². The molecule has 1 fully saturated rings. The molecule has 2 atom stereocenters. The summed E-state index contributed by atoms with van der Waals surface area (Å²) in [5.41, 5.74) is 6.22. The second-order valence-corrected chi connectivity index (χ2v) is 5.20. The molecule has 2 rings (SSSR count). The van der Waals surface area contributed by atoms with Gasteiger partial charge in [-0.15, -0.1) is 0 Å². The molecule has 1 aromatic rings. The van der Waals surface area contributed by atoms with Gasteiger partial charge in [0.05, 0.1) is 15.0 Å². The molecule has 5 nitrogen and oxygen atoms in total. The van der Waals surface area contributed by atoms with Crippen LogP contribution in [0.3, 0.4) is 0 Å². The number of hydrogen-bond acceptors (Lipinski definition) is 4. The number of hydrogen-bond donors (Lipinski definition) is 2. The van der Waals surface area contributed by atoms with E-state index in [1.807, 2.05) is 0 Å². The maximum absolute atomic E-state index is 11.0. The minimum atomic E-state index is -0.481. The maximum Gasteiger partial charge on any atom is 0.293 e. The summed E-state index contributed by atoms with van der Waals surface area (Å²) in [6.45, 7) is 0. The van der Waals surface area contributed by atoms with Crippen molar-refractivity contribution in [3.8, 4) is 0 Å². The molecule has 0 bridgehead atoms. The zero-order chi connectivity index (χ0) is 13.3. The highest BCUT2D eigenvalue weighted by molar-refractivity contribution is 6.42. The third-order valence-electron chi connectivity index (χ3n) is 3.15. The second kappa shape index (κ2) is 5.30. The molecule has 0 aliphatic heterocycles. The molecule has 1 aliphatic carbocycles. The van der Waals surface area contributed by atoms with Gasteiger partial charge in [-0.3, -0.25) is 10.1 Å². The highest BCUT2D eigenvalue weighted by Crippen LogP contribution is 2.35. The first-order valence-corrected chi connectivity index (χ1v) is 6.40. The first-order valence-electron chi connectivity index (χ1n) is 5.64. The van der Waals surface area contributed by atoms with Crippen LogP contribution in [-0.2, 0) is 0 Å². The molecule has 0 amide bonds. The average molecular weight is 290 g/mol. The Morgan fingerprint density at radius 3 is 2.56 bits per heavy atom. The van der Waals surface area contributed by atoms with Crippen LogP contribution >= 0.6 is 23.2 Å². The van der Waals surface area contributed by atoms with E-state index in [0.717, 1.165) is 19.3 Å². The first kappa shape index (κ1) is 13.4. The van der Waals surface area contributed by atoms with Gasteiger partial charge in [-0.1, -0.05) is 23.2 Å². The molecule has 1 saturated carbocycles. The molecule has 0 aromatic heterocycles. The molecule has 0 heterocycles. The summed E-state index contributed by atoms with van der Waals surface area (Å²) < 4.78 is 0. The van der Waals surface area contributed by atoms with Gasteiger partial charge in [-0.2, -0.15) is 0 Å². The molecule has 1 aliphatic rings. The quantitative estimate of drug-likeness (QED) is 0.661. The van der Waals surface area contributed by atoms with E-state index in [0.29, 0.717) is 5.69 Å². The number of rotatable bonds is 3. The molecule has 98 valence electrons. The molecule has 7 heteroatoms. The van der Waals surface area contributed by atoms with Gasteiger partial charge in [0.2, 0.25) is 0 Å². The zero-order valence-electron chi connectivity index (χ0n) is 9.53.